The molecule has 7 heavy (non-hydrogen) atoms. The van der Waals surface area contributed by atoms with Crippen LogP contribution in [-0.2, 0) is 0 Å². The zero-order valence-electron chi connectivity index (χ0n) is 3.33. The fourth-order valence-electron chi connectivity index (χ4n) is 0.115. The Morgan fingerprint density at radius 2 is 1.71 bits per heavy atom. The zero-order valence-corrected chi connectivity index (χ0v) is 3.33. The summed E-state index contributed by atoms with van der Waals surface area (Å²) >= 11 is 0. The summed E-state index contributed by atoms with van der Waals surface area (Å²) in [6.45, 7) is -0.169. The van der Waals surface area contributed by atoms with Gasteiger partial charge in [-0.2, -0.15) is 0 Å². The molecular weight excluding hydrogens is 123 g/mol. The van der Waals surface area contributed by atoms with E-state index in [0.717, 1.165) is 0 Å². The van der Waals surface area contributed by atoms with E-state index < -0.39 is 6.29 Å². The second-order valence-electron chi connectivity index (χ2n) is 0.993. The van der Waals surface area contributed by atoms with E-state index in [4.69, 9.17) is 15.3 Å². The minimum atomic E-state index is -1.35. The first-order chi connectivity index (χ1) is 2.77. The summed E-state index contributed by atoms with van der Waals surface area (Å²) in [5, 5.41) is 23.8. The number of rotatable bonds is 2. The molecule has 0 aromatic rings. The third-order valence-electron chi connectivity index (χ3n) is 0.387. The standard InChI is InChI=1S/C3H8O3.K.H/c4-2-1-3(5)6;;/h3-6H,1-2H2;;. The first-order valence-electron chi connectivity index (χ1n) is 1.74. The van der Waals surface area contributed by atoms with Crippen LogP contribution < -0.4 is 0 Å². The van der Waals surface area contributed by atoms with Gasteiger partial charge < -0.3 is 15.3 Å². The molecule has 0 unspecified atom stereocenters. The van der Waals surface area contributed by atoms with Crippen molar-refractivity contribution in [1.29, 1.82) is 0 Å². The van der Waals surface area contributed by atoms with Crippen LogP contribution in [-0.4, -0.2) is 79.6 Å². The average Bonchev–Trinajstić information content (AvgIpc) is 1.35. The molecule has 3 nitrogen and oxygen atoms in total. The zero-order chi connectivity index (χ0) is 4.99. The molecule has 3 N–H and O–H groups in total. The van der Waals surface area contributed by atoms with Crippen molar-refractivity contribution in [3.63, 3.8) is 0 Å². The van der Waals surface area contributed by atoms with Gasteiger partial charge in [-0.25, -0.2) is 0 Å². The van der Waals surface area contributed by atoms with Gasteiger partial charge in [-0.05, 0) is 0 Å². The summed E-state index contributed by atoms with van der Waals surface area (Å²) in [6, 6.07) is 0. The van der Waals surface area contributed by atoms with Crippen LogP contribution in [0.3, 0.4) is 0 Å². The van der Waals surface area contributed by atoms with Gasteiger partial charge in [0.05, 0.1) is 0 Å². The van der Waals surface area contributed by atoms with Gasteiger partial charge in [-0.15, -0.1) is 0 Å². The summed E-state index contributed by atoms with van der Waals surface area (Å²) in [5.74, 6) is 0. The molecule has 4 heteroatoms. The number of aliphatic hydroxyl groups is 3. The van der Waals surface area contributed by atoms with E-state index in [9.17, 15) is 0 Å². The van der Waals surface area contributed by atoms with Gasteiger partial charge in [0, 0.05) is 13.0 Å². The molecule has 0 saturated carbocycles. The van der Waals surface area contributed by atoms with E-state index in [1.807, 2.05) is 0 Å². The van der Waals surface area contributed by atoms with E-state index in [0.29, 0.717) is 0 Å². The fraction of sp³-hybridized carbons (Fsp3) is 1.00. The summed E-state index contributed by atoms with van der Waals surface area (Å²) in [7, 11) is 0. The van der Waals surface area contributed by atoms with Crippen molar-refractivity contribution in [2.75, 3.05) is 6.61 Å². The Morgan fingerprint density at radius 3 is 1.71 bits per heavy atom. The van der Waals surface area contributed by atoms with Crippen LogP contribution in [0.25, 0.3) is 0 Å². The molecule has 0 bridgehead atoms. The van der Waals surface area contributed by atoms with E-state index in [1.54, 1.807) is 0 Å². The van der Waals surface area contributed by atoms with Crippen LogP contribution in [0.1, 0.15) is 6.42 Å². The van der Waals surface area contributed by atoms with Gasteiger partial charge in [0.1, 0.15) is 0 Å². The quantitative estimate of drug-likeness (QED) is 0.302. The van der Waals surface area contributed by atoms with Crippen molar-refractivity contribution in [3.8, 4) is 0 Å². The van der Waals surface area contributed by atoms with Crippen molar-refractivity contribution >= 4 is 51.4 Å². The van der Waals surface area contributed by atoms with E-state index in [2.05, 4.69) is 0 Å². The first kappa shape index (κ1) is 11.3. The van der Waals surface area contributed by atoms with Gasteiger partial charge in [0.15, 0.2) is 6.29 Å². The summed E-state index contributed by atoms with van der Waals surface area (Å²) in [6.07, 6.45) is -1.31. The average molecular weight is 132 g/mol. The van der Waals surface area contributed by atoms with Crippen molar-refractivity contribution in [3.05, 3.63) is 0 Å². The molecule has 0 atom stereocenters. The minimum absolute atomic E-state index is 0. The monoisotopic (exact) mass is 132 g/mol. The molecule has 0 radical (unpaired) electrons. The van der Waals surface area contributed by atoms with Crippen molar-refractivity contribution in [2.45, 2.75) is 12.7 Å². The molecule has 0 aromatic carbocycles. The van der Waals surface area contributed by atoms with Crippen molar-refractivity contribution < 1.29 is 15.3 Å². The third kappa shape index (κ3) is 11.2. The van der Waals surface area contributed by atoms with E-state index >= 15 is 0 Å². The van der Waals surface area contributed by atoms with E-state index in [-0.39, 0.29) is 64.4 Å². The Hall–Kier alpha value is 1.52. The van der Waals surface area contributed by atoms with Gasteiger partial charge in [-0.1, -0.05) is 0 Å². The molecule has 0 saturated heterocycles. The predicted octanol–water partition coefficient (Wildman–Crippen LogP) is -1.97. The maximum atomic E-state index is 7.95. The Balaban J connectivity index is 0. The first-order valence-corrected chi connectivity index (χ1v) is 1.74. The fourth-order valence-corrected chi connectivity index (χ4v) is 0.115. The molecule has 0 fully saturated rings. The molecule has 0 aliphatic heterocycles. The Bertz CT molecular complexity index is 31.4. The SMILES string of the molecule is OCCC(O)O.[KH]. The predicted molar refractivity (Wildman–Crippen MR) is 27.1 cm³/mol. The maximum absolute atomic E-state index is 7.95. The van der Waals surface area contributed by atoms with Crippen LogP contribution in [0.2, 0.25) is 0 Å². The van der Waals surface area contributed by atoms with Crippen molar-refractivity contribution in [1.82, 2.24) is 0 Å². The molecule has 0 spiro atoms. The topological polar surface area (TPSA) is 60.7 Å². The molecule has 0 heterocycles. The second-order valence-corrected chi connectivity index (χ2v) is 0.993. The number of hydrogen-bond acceptors (Lipinski definition) is 3. The molecule has 0 aromatic heterocycles. The Labute approximate surface area is 84.8 Å². The van der Waals surface area contributed by atoms with Gasteiger partial charge in [-0.3, -0.25) is 0 Å². The van der Waals surface area contributed by atoms with Crippen LogP contribution in [0.5, 0.6) is 0 Å². The molecular formula is C3H9KO3. The molecule has 40 valence electrons. The van der Waals surface area contributed by atoms with Gasteiger partial charge >= 0.3 is 51.4 Å². The van der Waals surface area contributed by atoms with Crippen LogP contribution in [0, 0.1) is 0 Å². The van der Waals surface area contributed by atoms with Gasteiger partial charge in [0.2, 0.25) is 0 Å². The van der Waals surface area contributed by atoms with Crippen LogP contribution in [0.15, 0.2) is 0 Å². The Morgan fingerprint density at radius 1 is 1.29 bits per heavy atom. The normalized spacial score (nSPS) is 8.57. The summed E-state index contributed by atoms with van der Waals surface area (Å²) in [4.78, 5) is 0. The number of aliphatic hydroxyl groups excluding tert-OH is 2. The van der Waals surface area contributed by atoms with Gasteiger partial charge in [0.25, 0.3) is 0 Å². The van der Waals surface area contributed by atoms with Crippen molar-refractivity contribution in [2.24, 2.45) is 0 Å². The molecule has 0 aliphatic carbocycles. The molecule has 0 aliphatic rings. The van der Waals surface area contributed by atoms with Crippen LogP contribution >= 0.6 is 0 Å². The third-order valence-corrected chi connectivity index (χ3v) is 0.387. The summed E-state index contributed by atoms with van der Waals surface area (Å²) < 4.78 is 0. The molecule has 0 rings (SSSR count). The number of hydrogen-bond donors (Lipinski definition) is 3. The summed E-state index contributed by atoms with van der Waals surface area (Å²) in [5.41, 5.74) is 0. The molecule has 0 amide bonds. The second kappa shape index (κ2) is 7.52. The van der Waals surface area contributed by atoms with E-state index in [1.165, 1.54) is 0 Å². The van der Waals surface area contributed by atoms with Crippen LogP contribution in [0.4, 0.5) is 0 Å². The Kier molecular flexibility index (Phi) is 12.2.